The molecule has 0 fully saturated rings. The number of carbonyl (C=O) groups is 2. The highest BCUT2D eigenvalue weighted by atomic mass is 32.1. The smallest absolute Gasteiger partial charge is 0.367 e. The number of thiazole rings is 1. The molecule has 88 valence electrons. The average molecular weight is 242 g/mol. The summed E-state index contributed by atoms with van der Waals surface area (Å²) in [4.78, 5) is 28.5. The van der Waals surface area contributed by atoms with Crippen LogP contribution in [0, 0.1) is 0 Å². The summed E-state index contributed by atoms with van der Waals surface area (Å²) < 4.78 is 4.79. The SMILES string of the molecule is CCOC(=O)c1nc(C(=O)N(C)CC)cs1. The molecule has 0 spiro atoms. The minimum Gasteiger partial charge on any atom is -0.461 e. The number of nitrogens with zero attached hydrogens (tertiary/aromatic N) is 2. The standard InChI is InChI=1S/C10H14N2O3S/c1-4-12(3)9(13)7-6-16-8(11-7)10(14)15-5-2/h6H,4-5H2,1-3H3. The molecule has 0 aromatic carbocycles. The van der Waals surface area contributed by atoms with Gasteiger partial charge in [0, 0.05) is 19.0 Å². The molecule has 1 rings (SSSR count). The lowest BCUT2D eigenvalue weighted by Crippen LogP contribution is -2.26. The van der Waals surface area contributed by atoms with E-state index in [4.69, 9.17) is 4.74 Å². The van der Waals surface area contributed by atoms with Crippen LogP contribution in [-0.2, 0) is 4.74 Å². The van der Waals surface area contributed by atoms with E-state index >= 15 is 0 Å². The molecule has 0 saturated heterocycles. The summed E-state index contributed by atoms with van der Waals surface area (Å²) in [5.74, 6) is -0.667. The van der Waals surface area contributed by atoms with Crippen molar-refractivity contribution in [2.24, 2.45) is 0 Å². The van der Waals surface area contributed by atoms with Crippen molar-refractivity contribution < 1.29 is 14.3 Å². The van der Waals surface area contributed by atoms with Gasteiger partial charge in [0.05, 0.1) is 6.61 Å². The Morgan fingerprint density at radius 1 is 1.50 bits per heavy atom. The van der Waals surface area contributed by atoms with E-state index in [0.29, 0.717) is 13.2 Å². The van der Waals surface area contributed by atoms with Crippen molar-refractivity contribution in [3.8, 4) is 0 Å². The monoisotopic (exact) mass is 242 g/mol. The quantitative estimate of drug-likeness (QED) is 0.749. The highest BCUT2D eigenvalue weighted by Gasteiger charge is 2.17. The van der Waals surface area contributed by atoms with Crippen LogP contribution in [0.15, 0.2) is 5.38 Å². The largest absolute Gasteiger partial charge is 0.461 e. The van der Waals surface area contributed by atoms with Crippen LogP contribution in [0.25, 0.3) is 0 Å². The van der Waals surface area contributed by atoms with Crippen LogP contribution in [0.1, 0.15) is 34.1 Å². The number of ether oxygens (including phenoxy) is 1. The van der Waals surface area contributed by atoms with E-state index in [0.717, 1.165) is 11.3 Å². The third kappa shape index (κ3) is 2.79. The molecule has 5 nitrogen and oxygen atoms in total. The molecule has 6 heteroatoms. The fourth-order valence-electron chi connectivity index (χ4n) is 0.998. The van der Waals surface area contributed by atoms with Crippen molar-refractivity contribution in [2.75, 3.05) is 20.2 Å². The molecule has 1 heterocycles. The molecule has 0 aliphatic carbocycles. The minimum atomic E-state index is -0.481. The van der Waals surface area contributed by atoms with Gasteiger partial charge in [0.15, 0.2) is 0 Å². The predicted octanol–water partition coefficient (Wildman–Crippen LogP) is 1.41. The topological polar surface area (TPSA) is 59.5 Å². The molecule has 0 radical (unpaired) electrons. The van der Waals surface area contributed by atoms with Gasteiger partial charge in [-0.1, -0.05) is 0 Å². The maximum Gasteiger partial charge on any atom is 0.367 e. The van der Waals surface area contributed by atoms with Gasteiger partial charge in [0.1, 0.15) is 5.69 Å². The van der Waals surface area contributed by atoms with E-state index in [1.807, 2.05) is 6.92 Å². The van der Waals surface area contributed by atoms with Crippen LogP contribution in [0.3, 0.4) is 0 Å². The van der Waals surface area contributed by atoms with Crippen LogP contribution in [0.4, 0.5) is 0 Å². The van der Waals surface area contributed by atoms with Crippen LogP contribution < -0.4 is 0 Å². The summed E-state index contributed by atoms with van der Waals surface area (Å²) in [6.45, 7) is 4.50. The number of amides is 1. The van der Waals surface area contributed by atoms with Crippen LogP contribution in [0.5, 0.6) is 0 Å². The van der Waals surface area contributed by atoms with Crippen molar-refractivity contribution in [1.82, 2.24) is 9.88 Å². The molecule has 0 aliphatic rings. The first kappa shape index (κ1) is 12.6. The highest BCUT2D eigenvalue weighted by Crippen LogP contribution is 2.12. The Morgan fingerprint density at radius 2 is 2.19 bits per heavy atom. The second-order valence-corrected chi connectivity index (χ2v) is 3.94. The van der Waals surface area contributed by atoms with Crippen molar-refractivity contribution in [2.45, 2.75) is 13.8 Å². The Labute approximate surface area is 98.0 Å². The Hall–Kier alpha value is -1.43. The van der Waals surface area contributed by atoms with Gasteiger partial charge >= 0.3 is 5.97 Å². The molecule has 16 heavy (non-hydrogen) atoms. The maximum absolute atomic E-state index is 11.7. The third-order valence-corrected chi connectivity index (χ3v) is 2.82. The third-order valence-electron chi connectivity index (χ3n) is 1.99. The number of aromatic nitrogens is 1. The molecule has 0 atom stereocenters. The van der Waals surface area contributed by atoms with E-state index in [9.17, 15) is 9.59 Å². The maximum atomic E-state index is 11.7. The second-order valence-electron chi connectivity index (χ2n) is 3.08. The molecule has 0 aliphatic heterocycles. The Morgan fingerprint density at radius 3 is 2.75 bits per heavy atom. The molecule has 1 aromatic heterocycles. The number of esters is 1. The van der Waals surface area contributed by atoms with Crippen LogP contribution in [0.2, 0.25) is 0 Å². The van der Waals surface area contributed by atoms with Gasteiger partial charge in [-0.3, -0.25) is 4.79 Å². The molecule has 0 unspecified atom stereocenters. The zero-order valence-electron chi connectivity index (χ0n) is 9.52. The fourth-order valence-corrected chi connectivity index (χ4v) is 1.68. The molecule has 0 saturated carbocycles. The Kier molecular flexibility index (Phi) is 4.42. The Bertz CT molecular complexity index is 389. The van der Waals surface area contributed by atoms with Crippen LogP contribution in [-0.4, -0.2) is 42.0 Å². The number of rotatable bonds is 4. The first-order valence-corrected chi connectivity index (χ1v) is 5.86. The van der Waals surface area contributed by atoms with Gasteiger partial charge in [0.2, 0.25) is 5.01 Å². The van der Waals surface area contributed by atoms with E-state index in [1.54, 1.807) is 19.4 Å². The van der Waals surface area contributed by atoms with Crippen molar-refractivity contribution in [3.05, 3.63) is 16.1 Å². The predicted molar refractivity (Wildman–Crippen MR) is 60.7 cm³/mol. The summed E-state index contributed by atoms with van der Waals surface area (Å²) in [5.41, 5.74) is 0.289. The van der Waals surface area contributed by atoms with Crippen molar-refractivity contribution >= 4 is 23.2 Å². The van der Waals surface area contributed by atoms with Gasteiger partial charge in [-0.2, -0.15) is 0 Å². The molecular formula is C10H14N2O3S. The van der Waals surface area contributed by atoms with Crippen LogP contribution >= 0.6 is 11.3 Å². The lowest BCUT2D eigenvalue weighted by atomic mass is 10.4. The van der Waals surface area contributed by atoms with E-state index in [2.05, 4.69) is 4.98 Å². The van der Waals surface area contributed by atoms with Gasteiger partial charge in [-0.25, -0.2) is 9.78 Å². The number of carbonyl (C=O) groups excluding carboxylic acids is 2. The zero-order chi connectivity index (χ0) is 12.1. The summed E-state index contributed by atoms with van der Waals surface area (Å²) >= 11 is 1.12. The lowest BCUT2D eigenvalue weighted by Gasteiger charge is -2.11. The van der Waals surface area contributed by atoms with E-state index < -0.39 is 5.97 Å². The molecule has 1 amide bonds. The van der Waals surface area contributed by atoms with Gasteiger partial charge in [-0.15, -0.1) is 11.3 Å². The van der Waals surface area contributed by atoms with Crippen molar-refractivity contribution in [1.29, 1.82) is 0 Å². The highest BCUT2D eigenvalue weighted by molar-refractivity contribution is 7.11. The summed E-state index contributed by atoms with van der Waals surface area (Å²) in [6.07, 6.45) is 0. The lowest BCUT2D eigenvalue weighted by molar-refractivity contribution is 0.0526. The van der Waals surface area contributed by atoms with Gasteiger partial charge < -0.3 is 9.64 Å². The van der Waals surface area contributed by atoms with Gasteiger partial charge in [0.25, 0.3) is 5.91 Å². The average Bonchev–Trinajstić information content (AvgIpc) is 2.76. The summed E-state index contributed by atoms with van der Waals surface area (Å²) in [5, 5.41) is 1.79. The first-order chi connectivity index (χ1) is 7.60. The number of hydrogen-bond acceptors (Lipinski definition) is 5. The number of hydrogen-bond donors (Lipinski definition) is 0. The summed E-state index contributed by atoms with van der Waals surface area (Å²) in [7, 11) is 1.69. The van der Waals surface area contributed by atoms with E-state index in [1.165, 1.54) is 4.90 Å². The molecule has 0 N–H and O–H groups in total. The minimum absolute atomic E-state index is 0.186. The molecule has 0 bridgehead atoms. The first-order valence-electron chi connectivity index (χ1n) is 4.98. The molecular weight excluding hydrogens is 228 g/mol. The molecule has 1 aromatic rings. The summed E-state index contributed by atoms with van der Waals surface area (Å²) in [6, 6.07) is 0. The zero-order valence-corrected chi connectivity index (χ0v) is 10.3. The normalized spacial score (nSPS) is 9.94. The van der Waals surface area contributed by atoms with Gasteiger partial charge in [-0.05, 0) is 13.8 Å². The van der Waals surface area contributed by atoms with E-state index in [-0.39, 0.29) is 16.6 Å². The second kappa shape index (κ2) is 5.60. The Balaban J connectivity index is 2.79. The fraction of sp³-hybridized carbons (Fsp3) is 0.500. The van der Waals surface area contributed by atoms with Crippen molar-refractivity contribution in [3.63, 3.8) is 0 Å².